The zero-order valence-electron chi connectivity index (χ0n) is 9.41. The molecule has 0 aromatic carbocycles. The molecule has 2 heterocycles. The van der Waals surface area contributed by atoms with Crippen LogP contribution in [0.25, 0.3) is 5.57 Å². The van der Waals surface area contributed by atoms with E-state index in [1.807, 2.05) is 0 Å². The summed E-state index contributed by atoms with van der Waals surface area (Å²) in [6, 6.07) is 0. The Hall–Kier alpha value is -1.58. The lowest BCUT2D eigenvalue weighted by Gasteiger charge is -2.30. The molecule has 0 radical (unpaired) electrons. The second kappa shape index (κ2) is 3.53. The van der Waals surface area contributed by atoms with E-state index in [1.54, 1.807) is 0 Å². The maximum atomic E-state index is 5.90. The largest absolute Gasteiger partial charge is 0.383 e. The van der Waals surface area contributed by atoms with E-state index in [2.05, 4.69) is 35.6 Å². The third-order valence-corrected chi connectivity index (χ3v) is 2.98. The molecular weight excluding hydrogens is 188 g/mol. The summed E-state index contributed by atoms with van der Waals surface area (Å²) < 4.78 is 0. The minimum Gasteiger partial charge on any atom is -0.383 e. The number of hydrogen-bond donors (Lipinski definition) is 1. The molecule has 2 rings (SSSR count). The summed E-state index contributed by atoms with van der Waals surface area (Å²) in [6.45, 7) is 8.21. The molecule has 15 heavy (non-hydrogen) atoms. The van der Waals surface area contributed by atoms with Gasteiger partial charge in [0.05, 0.1) is 5.56 Å². The lowest BCUT2D eigenvalue weighted by molar-refractivity contribution is 0.838. The maximum absolute atomic E-state index is 5.90. The first-order valence-corrected chi connectivity index (χ1v) is 5.17. The van der Waals surface area contributed by atoms with Crippen LogP contribution in [0.5, 0.6) is 0 Å². The van der Waals surface area contributed by atoms with Crippen LogP contribution < -0.4 is 10.6 Å². The van der Waals surface area contributed by atoms with Crippen molar-refractivity contribution in [3.63, 3.8) is 0 Å². The molecule has 0 amide bonds. The predicted molar refractivity (Wildman–Crippen MR) is 62.6 cm³/mol. The van der Waals surface area contributed by atoms with E-state index in [9.17, 15) is 0 Å². The van der Waals surface area contributed by atoms with Crippen LogP contribution in [0.3, 0.4) is 0 Å². The lowest BCUT2D eigenvalue weighted by Crippen LogP contribution is -2.30. The average molecular weight is 204 g/mol. The molecule has 0 bridgehead atoms. The minimum absolute atomic E-state index is 0.579. The predicted octanol–water partition coefficient (Wildman–Crippen LogP) is 1.69. The number of nitrogens with two attached hydrogens (primary N) is 1. The quantitative estimate of drug-likeness (QED) is 0.756. The SMILES string of the molecule is CCN1CC(C)=C(C)c2c(N)ncnc21. The molecule has 0 atom stereocenters. The third kappa shape index (κ3) is 1.46. The van der Waals surface area contributed by atoms with Gasteiger partial charge in [0.2, 0.25) is 0 Å². The number of nitrogens with zero attached hydrogens (tertiary/aromatic N) is 3. The fraction of sp³-hybridized carbons (Fsp3) is 0.455. The Bertz CT molecular complexity index is 423. The van der Waals surface area contributed by atoms with Gasteiger partial charge < -0.3 is 10.6 Å². The Balaban J connectivity index is 2.65. The number of likely N-dealkylation sites (N-methyl/N-ethyl adjacent to an activating group) is 1. The van der Waals surface area contributed by atoms with Gasteiger partial charge in [-0.25, -0.2) is 9.97 Å². The molecule has 4 nitrogen and oxygen atoms in total. The van der Waals surface area contributed by atoms with Crippen LogP contribution in [0.1, 0.15) is 26.3 Å². The number of hydrogen-bond acceptors (Lipinski definition) is 4. The van der Waals surface area contributed by atoms with Gasteiger partial charge in [-0.3, -0.25) is 0 Å². The average Bonchev–Trinajstić information content (AvgIpc) is 2.23. The fourth-order valence-electron chi connectivity index (χ4n) is 1.94. The zero-order valence-corrected chi connectivity index (χ0v) is 9.41. The molecule has 2 N–H and O–H groups in total. The van der Waals surface area contributed by atoms with Crippen molar-refractivity contribution in [1.82, 2.24) is 9.97 Å². The Morgan fingerprint density at radius 2 is 2.13 bits per heavy atom. The van der Waals surface area contributed by atoms with Crippen LogP contribution >= 0.6 is 0 Å². The number of rotatable bonds is 1. The van der Waals surface area contributed by atoms with E-state index >= 15 is 0 Å². The van der Waals surface area contributed by atoms with Crippen LogP contribution in [0.4, 0.5) is 11.6 Å². The normalized spacial score (nSPS) is 15.5. The highest BCUT2D eigenvalue weighted by molar-refractivity contribution is 5.84. The van der Waals surface area contributed by atoms with Crippen molar-refractivity contribution in [2.24, 2.45) is 0 Å². The Morgan fingerprint density at radius 3 is 2.80 bits per heavy atom. The highest BCUT2D eigenvalue weighted by Crippen LogP contribution is 2.34. The van der Waals surface area contributed by atoms with Crippen LogP contribution in [0.15, 0.2) is 11.9 Å². The number of nitrogen functional groups attached to an aromatic ring is 1. The first-order valence-electron chi connectivity index (χ1n) is 5.17. The molecule has 0 spiro atoms. The van der Waals surface area contributed by atoms with Crippen LogP contribution in [-0.2, 0) is 0 Å². The molecule has 0 unspecified atom stereocenters. The first-order chi connectivity index (χ1) is 7.15. The Kier molecular flexibility index (Phi) is 2.34. The maximum Gasteiger partial charge on any atom is 0.141 e. The molecule has 1 aliphatic rings. The number of allylic oxidation sites excluding steroid dienone is 1. The summed E-state index contributed by atoms with van der Waals surface area (Å²) in [6.07, 6.45) is 1.53. The second-order valence-electron chi connectivity index (χ2n) is 3.88. The summed E-state index contributed by atoms with van der Waals surface area (Å²) in [5, 5.41) is 0. The smallest absolute Gasteiger partial charge is 0.141 e. The second-order valence-corrected chi connectivity index (χ2v) is 3.88. The van der Waals surface area contributed by atoms with E-state index in [1.165, 1.54) is 17.5 Å². The Morgan fingerprint density at radius 1 is 1.40 bits per heavy atom. The lowest BCUT2D eigenvalue weighted by atomic mass is 9.98. The summed E-state index contributed by atoms with van der Waals surface area (Å²) in [5.74, 6) is 1.54. The molecule has 0 saturated carbocycles. The molecule has 4 heteroatoms. The first kappa shape index (κ1) is 9.96. The summed E-state index contributed by atoms with van der Waals surface area (Å²) in [5.41, 5.74) is 9.46. The van der Waals surface area contributed by atoms with Crippen molar-refractivity contribution in [2.45, 2.75) is 20.8 Å². The topological polar surface area (TPSA) is 55.0 Å². The van der Waals surface area contributed by atoms with E-state index in [-0.39, 0.29) is 0 Å². The number of aromatic nitrogens is 2. The van der Waals surface area contributed by atoms with Gasteiger partial charge in [-0.1, -0.05) is 5.57 Å². The standard InChI is InChI=1S/C11H16N4/c1-4-15-5-7(2)8(3)9-10(12)13-6-14-11(9)15/h6H,4-5H2,1-3H3,(H2,12,13,14). The van der Waals surface area contributed by atoms with Crippen LogP contribution in [0.2, 0.25) is 0 Å². The van der Waals surface area contributed by atoms with Gasteiger partial charge in [-0.15, -0.1) is 0 Å². The van der Waals surface area contributed by atoms with E-state index in [0.29, 0.717) is 5.82 Å². The van der Waals surface area contributed by atoms with Crippen LogP contribution in [0, 0.1) is 0 Å². The van der Waals surface area contributed by atoms with Crippen LogP contribution in [-0.4, -0.2) is 23.1 Å². The van der Waals surface area contributed by atoms with E-state index in [0.717, 1.165) is 24.5 Å². The van der Waals surface area contributed by atoms with Crippen molar-refractivity contribution in [2.75, 3.05) is 23.7 Å². The summed E-state index contributed by atoms with van der Waals surface area (Å²) in [7, 11) is 0. The van der Waals surface area contributed by atoms with Gasteiger partial charge in [0.1, 0.15) is 18.0 Å². The van der Waals surface area contributed by atoms with Crippen molar-refractivity contribution < 1.29 is 0 Å². The third-order valence-electron chi connectivity index (χ3n) is 2.98. The van der Waals surface area contributed by atoms with Gasteiger partial charge in [0, 0.05) is 13.1 Å². The molecular formula is C11H16N4. The van der Waals surface area contributed by atoms with Crippen molar-refractivity contribution in [3.8, 4) is 0 Å². The summed E-state index contributed by atoms with van der Waals surface area (Å²) >= 11 is 0. The van der Waals surface area contributed by atoms with Gasteiger partial charge in [0.25, 0.3) is 0 Å². The van der Waals surface area contributed by atoms with Crippen molar-refractivity contribution in [3.05, 3.63) is 17.5 Å². The molecule has 0 aliphatic carbocycles. The van der Waals surface area contributed by atoms with E-state index < -0.39 is 0 Å². The van der Waals surface area contributed by atoms with Gasteiger partial charge in [0.15, 0.2) is 0 Å². The zero-order chi connectivity index (χ0) is 11.0. The van der Waals surface area contributed by atoms with Gasteiger partial charge >= 0.3 is 0 Å². The van der Waals surface area contributed by atoms with Crippen molar-refractivity contribution in [1.29, 1.82) is 0 Å². The highest BCUT2D eigenvalue weighted by Gasteiger charge is 2.22. The monoisotopic (exact) mass is 204 g/mol. The van der Waals surface area contributed by atoms with E-state index in [4.69, 9.17) is 5.73 Å². The molecule has 1 aromatic heterocycles. The van der Waals surface area contributed by atoms with Gasteiger partial charge in [-0.2, -0.15) is 0 Å². The molecule has 0 fully saturated rings. The number of fused-ring (bicyclic) bond motifs is 1. The molecule has 0 saturated heterocycles. The fourth-order valence-corrected chi connectivity index (χ4v) is 1.94. The molecule has 1 aliphatic heterocycles. The Labute approximate surface area is 89.8 Å². The molecule has 80 valence electrons. The highest BCUT2D eigenvalue weighted by atomic mass is 15.2. The number of anilines is 2. The summed E-state index contributed by atoms with van der Waals surface area (Å²) in [4.78, 5) is 10.6. The molecule has 1 aromatic rings. The van der Waals surface area contributed by atoms with Gasteiger partial charge in [-0.05, 0) is 26.3 Å². The van der Waals surface area contributed by atoms with Crippen molar-refractivity contribution >= 4 is 17.2 Å². The minimum atomic E-state index is 0.579.